The number of esters is 1. The summed E-state index contributed by atoms with van der Waals surface area (Å²) in [5, 5.41) is 4.51. The predicted molar refractivity (Wildman–Crippen MR) is 98.4 cm³/mol. The zero-order valence-corrected chi connectivity index (χ0v) is 15.9. The minimum atomic E-state index is -0.519. The lowest BCUT2D eigenvalue weighted by atomic mass is 10.2. The average molecular weight is 379 g/mol. The Morgan fingerprint density at radius 3 is 2.58 bits per heavy atom. The first-order valence-corrected chi connectivity index (χ1v) is 8.63. The van der Waals surface area contributed by atoms with E-state index in [9.17, 15) is 9.59 Å². The number of carbonyl (C=O) groups excluding carboxylic acids is 2. The van der Waals surface area contributed by atoms with E-state index in [-0.39, 0.29) is 18.2 Å². The first kappa shape index (κ1) is 19.7. The molecular formula is C17H21N3O5S. The average Bonchev–Trinajstić information content (AvgIpc) is 3.09. The molecule has 0 atom stereocenters. The third-order valence-electron chi connectivity index (χ3n) is 3.35. The topological polar surface area (TPSA) is 90.0 Å². The number of nitrogens with zero attached hydrogens (tertiary/aromatic N) is 2. The SMILES string of the molecule is COc1ccc(C(=O)Nc2nc(C(=O)OCCN(C)C)cs2)cc1OC. The number of hydrogen-bond donors (Lipinski definition) is 1. The van der Waals surface area contributed by atoms with Crippen molar-refractivity contribution in [3.63, 3.8) is 0 Å². The molecular weight excluding hydrogens is 358 g/mol. The van der Waals surface area contributed by atoms with Gasteiger partial charge in [-0.25, -0.2) is 9.78 Å². The highest BCUT2D eigenvalue weighted by Crippen LogP contribution is 2.28. The number of ether oxygens (including phenoxy) is 3. The standard InChI is InChI=1S/C17H21N3O5S/c1-20(2)7-8-25-16(22)12-10-26-17(18-12)19-15(21)11-5-6-13(23-3)14(9-11)24-4/h5-6,9-10H,7-8H2,1-4H3,(H,18,19,21). The van der Waals surface area contributed by atoms with Crippen LogP contribution in [0.25, 0.3) is 0 Å². The molecule has 1 aromatic heterocycles. The fourth-order valence-corrected chi connectivity index (χ4v) is 2.64. The van der Waals surface area contributed by atoms with E-state index in [1.165, 1.54) is 14.2 Å². The van der Waals surface area contributed by atoms with Gasteiger partial charge in [0.15, 0.2) is 22.3 Å². The first-order chi connectivity index (χ1) is 12.4. The number of rotatable bonds is 8. The van der Waals surface area contributed by atoms with Crippen molar-refractivity contribution in [2.75, 3.05) is 46.8 Å². The monoisotopic (exact) mass is 379 g/mol. The summed E-state index contributed by atoms with van der Waals surface area (Å²) in [6.45, 7) is 0.898. The molecule has 2 aromatic rings. The molecule has 0 fully saturated rings. The van der Waals surface area contributed by atoms with Gasteiger partial charge in [0.2, 0.25) is 0 Å². The van der Waals surface area contributed by atoms with Crippen molar-refractivity contribution in [1.82, 2.24) is 9.88 Å². The molecule has 2 rings (SSSR count). The molecule has 1 aromatic carbocycles. The van der Waals surface area contributed by atoms with Gasteiger partial charge in [0, 0.05) is 17.5 Å². The van der Waals surface area contributed by atoms with Crippen LogP contribution >= 0.6 is 11.3 Å². The van der Waals surface area contributed by atoms with E-state index in [2.05, 4.69) is 10.3 Å². The molecule has 0 aliphatic carbocycles. The fraction of sp³-hybridized carbons (Fsp3) is 0.353. The number of amides is 1. The summed E-state index contributed by atoms with van der Waals surface area (Å²) in [5.74, 6) is 0.0908. The van der Waals surface area contributed by atoms with Crippen LogP contribution in [0.1, 0.15) is 20.8 Å². The molecule has 0 radical (unpaired) electrons. The Morgan fingerprint density at radius 2 is 1.92 bits per heavy atom. The molecule has 0 bridgehead atoms. The van der Waals surface area contributed by atoms with Crippen molar-refractivity contribution in [2.45, 2.75) is 0 Å². The number of thiazole rings is 1. The number of methoxy groups -OCH3 is 2. The number of anilines is 1. The molecule has 0 saturated heterocycles. The summed E-state index contributed by atoms with van der Waals surface area (Å²) in [6.07, 6.45) is 0. The van der Waals surface area contributed by atoms with Crippen LogP contribution in [0.15, 0.2) is 23.6 Å². The molecule has 0 aliphatic rings. The van der Waals surface area contributed by atoms with Gasteiger partial charge < -0.3 is 19.1 Å². The van der Waals surface area contributed by atoms with Crippen LogP contribution in [0, 0.1) is 0 Å². The normalized spacial score (nSPS) is 10.5. The molecule has 26 heavy (non-hydrogen) atoms. The van der Waals surface area contributed by atoms with Gasteiger partial charge in [0.1, 0.15) is 6.61 Å². The highest BCUT2D eigenvalue weighted by atomic mass is 32.1. The number of likely N-dealkylation sites (N-methyl/N-ethyl adjacent to an activating group) is 1. The summed E-state index contributed by atoms with van der Waals surface area (Å²) in [5.41, 5.74) is 0.546. The lowest BCUT2D eigenvalue weighted by Crippen LogP contribution is -2.20. The van der Waals surface area contributed by atoms with E-state index in [1.54, 1.807) is 23.6 Å². The fourth-order valence-electron chi connectivity index (χ4n) is 1.97. The van der Waals surface area contributed by atoms with Gasteiger partial charge in [0.05, 0.1) is 14.2 Å². The van der Waals surface area contributed by atoms with Crippen molar-refractivity contribution < 1.29 is 23.8 Å². The molecule has 140 valence electrons. The maximum Gasteiger partial charge on any atom is 0.357 e. The van der Waals surface area contributed by atoms with Crippen molar-refractivity contribution in [1.29, 1.82) is 0 Å². The Morgan fingerprint density at radius 1 is 1.19 bits per heavy atom. The third kappa shape index (κ3) is 5.17. The quantitative estimate of drug-likeness (QED) is 0.703. The summed E-state index contributed by atoms with van der Waals surface area (Å²) < 4.78 is 15.4. The Labute approximate surface area is 155 Å². The summed E-state index contributed by atoms with van der Waals surface area (Å²) in [4.78, 5) is 30.3. The summed E-state index contributed by atoms with van der Waals surface area (Å²) >= 11 is 1.15. The number of hydrogen-bond acceptors (Lipinski definition) is 8. The van der Waals surface area contributed by atoms with E-state index >= 15 is 0 Å². The minimum absolute atomic E-state index is 0.163. The highest BCUT2D eigenvalue weighted by molar-refractivity contribution is 7.14. The molecule has 0 unspecified atom stereocenters. The van der Waals surface area contributed by atoms with Crippen LogP contribution in [0.5, 0.6) is 11.5 Å². The van der Waals surface area contributed by atoms with Gasteiger partial charge in [0.25, 0.3) is 5.91 Å². The van der Waals surface area contributed by atoms with E-state index in [1.807, 2.05) is 19.0 Å². The van der Waals surface area contributed by atoms with Crippen LogP contribution in [-0.4, -0.2) is 63.2 Å². The molecule has 1 heterocycles. The maximum absolute atomic E-state index is 12.3. The minimum Gasteiger partial charge on any atom is -0.493 e. The molecule has 0 saturated carbocycles. The van der Waals surface area contributed by atoms with E-state index in [4.69, 9.17) is 14.2 Å². The number of carbonyl (C=O) groups is 2. The summed E-state index contributed by atoms with van der Waals surface area (Å²) in [6, 6.07) is 4.82. The lowest BCUT2D eigenvalue weighted by molar-refractivity contribution is 0.0476. The Hall–Kier alpha value is -2.65. The van der Waals surface area contributed by atoms with Crippen molar-refractivity contribution in [3.8, 4) is 11.5 Å². The molecule has 1 N–H and O–H groups in total. The second kappa shape index (κ2) is 9.16. The Balaban J connectivity index is 2.00. The Kier molecular flexibility index (Phi) is 6.93. The van der Waals surface area contributed by atoms with Gasteiger partial charge in [-0.1, -0.05) is 0 Å². The largest absolute Gasteiger partial charge is 0.493 e. The van der Waals surface area contributed by atoms with Crippen LogP contribution in [0.4, 0.5) is 5.13 Å². The van der Waals surface area contributed by atoms with Gasteiger partial charge in [-0.2, -0.15) is 0 Å². The first-order valence-electron chi connectivity index (χ1n) is 7.75. The second-order valence-corrected chi connectivity index (χ2v) is 6.36. The van der Waals surface area contributed by atoms with E-state index < -0.39 is 5.97 Å². The van der Waals surface area contributed by atoms with Crippen molar-refractivity contribution in [3.05, 3.63) is 34.8 Å². The van der Waals surface area contributed by atoms with Crippen LogP contribution in [0.2, 0.25) is 0 Å². The van der Waals surface area contributed by atoms with Crippen LogP contribution < -0.4 is 14.8 Å². The van der Waals surface area contributed by atoms with Crippen LogP contribution in [-0.2, 0) is 4.74 Å². The third-order valence-corrected chi connectivity index (χ3v) is 4.11. The van der Waals surface area contributed by atoms with E-state index in [0.29, 0.717) is 28.7 Å². The smallest absolute Gasteiger partial charge is 0.357 e. The predicted octanol–water partition coefficient (Wildman–Crippen LogP) is 2.13. The highest BCUT2D eigenvalue weighted by Gasteiger charge is 2.16. The molecule has 1 amide bonds. The molecule has 9 heteroatoms. The molecule has 8 nitrogen and oxygen atoms in total. The van der Waals surface area contributed by atoms with Crippen molar-refractivity contribution in [2.24, 2.45) is 0 Å². The van der Waals surface area contributed by atoms with Gasteiger partial charge in [-0.3, -0.25) is 10.1 Å². The second-order valence-electron chi connectivity index (χ2n) is 5.50. The molecule has 0 spiro atoms. The Bertz CT molecular complexity index is 776. The van der Waals surface area contributed by atoms with Gasteiger partial charge in [-0.15, -0.1) is 11.3 Å². The van der Waals surface area contributed by atoms with E-state index in [0.717, 1.165) is 11.3 Å². The summed E-state index contributed by atoms with van der Waals surface area (Å²) in [7, 11) is 6.79. The van der Waals surface area contributed by atoms with Gasteiger partial charge in [-0.05, 0) is 32.3 Å². The zero-order chi connectivity index (χ0) is 19.1. The maximum atomic E-state index is 12.3. The number of aromatic nitrogens is 1. The van der Waals surface area contributed by atoms with Crippen LogP contribution in [0.3, 0.4) is 0 Å². The van der Waals surface area contributed by atoms with Gasteiger partial charge >= 0.3 is 5.97 Å². The number of benzene rings is 1. The zero-order valence-electron chi connectivity index (χ0n) is 15.1. The number of nitrogens with one attached hydrogen (secondary N) is 1. The molecule has 0 aliphatic heterocycles. The lowest BCUT2D eigenvalue weighted by Gasteiger charge is -2.09. The van der Waals surface area contributed by atoms with Crippen molar-refractivity contribution >= 4 is 28.3 Å².